The summed E-state index contributed by atoms with van der Waals surface area (Å²) in [6.07, 6.45) is 0. The fourth-order valence-electron chi connectivity index (χ4n) is 11.0. The van der Waals surface area contributed by atoms with E-state index in [0.29, 0.717) is 0 Å². The normalized spacial score (nSPS) is 12.4. The summed E-state index contributed by atoms with van der Waals surface area (Å²) in [5, 5.41) is 9.15. The molecule has 0 fully saturated rings. The second-order valence-corrected chi connectivity index (χ2v) is 17.1. The summed E-state index contributed by atoms with van der Waals surface area (Å²) in [5.41, 5.74) is 20.4. The van der Waals surface area contributed by atoms with Gasteiger partial charge in [-0.15, -0.1) is 0 Å². The van der Waals surface area contributed by atoms with Crippen molar-refractivity contribution < 1.29 is 13.3 Å². The molecule has 5 heterocycles. The van der Waals surface area contributed by atoms with E-state index in [1.807, 2.05) is 18.2 Å². The van der Waals surface area contributed by atoms with Crippen LogP contribution in [0, 0.1) is 0 Å². The van der Waals surface area contributed by atoms with Crippen molar-refractivity contribution in [2.24, 2.45) is 0 Å². The van der Waals surface area contributed by atoms with E-state index in [1.165, 1.54) is 44.1 Å². The minimum atomic E-state index is 0.884. The number of aromatic nitrogens is 1. The van der Waals surface area contributed by atoms with Crippen LogP contribution in [0.5, 0.6) is 0 Å². The maximum atomic E-state index is 6.46. The van der Waals surface area contributed by atoms with Crippen LogP contribution in [0.15, 0.2) is 213 Å². The van der Waals surface area contributed by atoms with E-state index in [9.17, 15) is 0 Å². The van der Waals surface area contributed by atoms with Gasteiger partial charge in [0.25, 0.3) is 0 Å². The Bertz CT molecular complexity index is 4320. The van der Waals surface area contributed by atoms with Crippen molar-refractivity contribution in [3.8, 4) is 61.3 Å². The minimum Gasteiger partial charge on any atom is -0.456 e. The van der Waals surface area contributed by atoms with E-state index >= 15 is 0 Å². The summed E-state index contributed by atoms with van der Waals surface area (Å²) < 4.78 is 21.8. The van der Waals surface area contributed by atoms with Crippen LogP contribution in [0.25, 0.3) is 149 Å². The van der Waals surface area contributed by atoms with Gasteiger partial charge in [-0.25, -0.2) is 0 Å². The summed E-state index contributed by atoms with van der Waals surface area (Å²) >= 11 is 0. The van der Waals surface area contributed by atoms with E-state index in [-0.39, 0.29) is 0 Å². The predicted molar refractivity (Wildman–Crippen MR) is 263 cm³/mol. The van der Waals surface area contributed by atoms with Gasteiger partial charge in [0.2, 0.25) is 0 Å². The average Bonchev–Trinajstić information content (AvgIpc) is 4.11. The molecule has 0 radical (unpaired) electrons. The average molecular weight is 816 g/mol. The number of furan rings is 3. The zero-order valence-corrected chi connectivity index (χ0v) is 34.2. The quantitative estimate of drug-likeness (QED) is 0.178. The Morgan fingerprint density at radius 3 is 1.30 bits per heavy atom. The van der Waals surface area contributed by atoms with E-state index in [4.69, 9.17) is 13.3 Å². The van der Waals surface area contributed by atoms with Crippen LogP contribution in [-0.2, 0) is 0 Å². The number of benzene rings is 10. The molecule has 0 spiro atoms. The highest BCUT2D eigenvalue weighted by molar-refractivity contribution is 6.21. The number of hydrogen-bond acceptors (Lipinski definition) is 3. The third-order valence-corrected chi connectivity index (χ3v) is 13.7. The van der Waals surface area contributed by atoms with Gasteiger partial charge in [0.15, 0.2) is 0 Å². The van der Waals surface area contributed by atoms with Crippen LogP contribution in [-0.4, -0.2) is 4.57 Å². The molecule has 10 aromatic carbocycles. The summed E-state index contributed by atoms with van der Waals surface area (Å²) in [7, 11) is 0. The van der Waals surface area contributed by atoms with Crippen molar-refractivity contribution in [1.29, 1.82) is 0 Å². The molecule has 64 heavy (non-hydrogen) atoms. The van der Waals surface area contributed by atoms with Crippen molar-refractivity contribution in [2.75, 3.05) is 0 Å². The summed E-state index contributed by atoms with van der Waals surface area (Å²) in [6, 6.07) is 72.2. The first-order valence-corrected chi connectivity index (χ1v) is 21.8. The van der Waals surface area contributed by atoms with Crippen LogP contribution >= 0.6 is 0 Å². The molecular formula is C60H33NO3. The van der Waals surface area contributed by atoms with E-state index < -0.39 is 0 Å². The van der Waals surface area contributed by atoms with Gasteiger partial charge in [0.05, 0.1) is 16.7 Å². The van der Waals surface area contributed by atoms with Crippen molar-refractivity contribution in [2.45, 2.75) is 0 Å². The van der Waals surface area contributed by atoms with Crippen LogP contribution in [0.1, 0.15) is 0 Å². The highest BCUT2D eigenvalue weighted by atomic mass is 16.3. The third kappa shape index (κ3) is 4.56. The molecule has 14 aromatic rings. The van der Waals surface area contributed by atoms with Gasteiger partial charge in [-0.3, -0.25) is 0 Å². The first-order chi connectivity index (χ1) is 31.7. The molecule has 0 aliphatic carbocycles. The largest absolute Gasteiger partial charge is 0.456 e. The van der Waals surface area contributed by atoms with Gasteiger partial charge < -0.3 is 17.8 Å². The fourth-order valence-corrected chi connectivity index (χ4v) is 11.0. The Hall–Kier alpha value is -8.60. The molecule has 0 unspecified atom stereocenters. The molecule has 0 amide bonds. The van der Waals surface area contributed by atoms with Crippen LogP contribution in [0.2, 0.25) is 0 Å². The van der Waals surface area contributed by atoms with Gasteiger partial charge >= 0.3 is 0 Å². The lowest BCUT2D eigenvalue weighted by Gasteiger charge is -2.16. The Kier molecular flexibility index (Phi) is 6.65. The number of hydrogen-bond donors (Lipinski definition) is 0. The maximum absolute atomic E-state index is 6.46. The third-order valence-electron chi connectivity index (χ3n) is 13.7. The first kappa shape index (κ1) is 34.0. The second kappa shape index (κ2) is 12.5. The summed E-state index contributed by atoms with van der Waals surface area (Å²) in [4.78, 5) is 0. The van der Waals surface area contributed by atoms with Gasteiger partial charge in [-0.05, 0) is 117 Å². The van der Waals surface area contributed by atoms with Gasteiger partial charge in [-0.1, -0.05) is 127 Å². The maximum Gasteiger partial charge on any atom is 0.136 e. The highest BCUT2D eigenvalue weighted by Crippen LogP contribution is 2.52. The van der Waals surface area contributed by atoms with Crippen molar-refractivity contribution in [3.63, 3.8) is 0 Å². The van der Waals surface area contributed by atoms with E-state index in [0.717, 1.165) is 105 Å². The van der Waals surface area contributed by atoms with E-state index in [2.05, 4.69) is 187 Å². The molecule has 4 nitrogen and oxygen atoms in total. The topological polar surface area (TPSA) is 44.4 Å². The first-order valence-electron chi connectivity index (χ1n) is 21.8. The zero-order valence-electron chi connectivity index (χ0n) is 34.2. The summed E-state index contributed by atoms with van der Waals surface area (Å²) in [5.74, 6) is 0. The minimum absolute atomic E-state index is 0.884. The lowest BCUT2D eigenvalue weighted by atomic mass is 9.87. The smallest absolute Gasteiger partial charge is 0.136 e. The Morgan fingerprint density at radius 2 is 0.719 bits per heavy atom. The fraction of sp³-hybridized carbons (Fsp3) is 0. The lowest BCUT2D eigenvalue weighted by molar-refractivity contribution is 0.668. The number of nitrogens with zero attached hydrogens (tertiary/aromatic N) is 1. The summed E-state index contributed by atoms with van der Waals surface area (Å²) in [6.45, 7) is 0. The molecule has 15 rings (SSSR count). The van der Waals surface area contributed by atoms with Crippen LogP contribution in [0.3, 0.4) is 0 Å². The van der Waals surface area contributed by atoms with E-state index in [1.54, 1.807) is 0 Å². The molecule has 1 aliphatic rings. The number of para-hydroxylation sites is 4. The van der Waals surface area contributed by atoms with Gasteiger partial charge in [0.1, 0.15) is 33.5 Å². The second-order valence-electron chi connectivity index (χ2n) is 17.1. The number of fused-ring (bicyclic) bond motifs is 17. The Labute approximate surface area is 365 Å². The van der Waals surface area contributed by atoms with Crippen LogP contribution < -0.4 is 0 Å². The predicted octanol–water partition coefficient (Wildman–Crippen LogP) is 17.1. The molecule has 4 heteroatoms. The molecule has 4 aromatic heterocycles. The molecule has 0 saturated carbocycles. The highest BCUT2D eigenvalue weighted by Gasteiger charge is 2.28. The van der Waals surface area contributed by atoms with Crippen LogP contribution in [0.4, 0.5) is 0 Å². The Morgan fingerprint density at radius 1 is 0.266 bits per heavy atom. The molecule has 0 N–H and O–H groups in total. The standard InChI is InChI=1S/C60H33NO3/c1-5-19-49-41(12-1)47-32-36(39-18-11-25-56-59(39)44-15-4-8-22-53(44)64-56)33-48-45-30-34(37-16-9-23-54-57(37)42-13-2-6-20-51(42)62-54)26-28-40(45)46-31-35(27-29-50(46)61(49)60(47)48)38-17-10-24-55-58(38)43-14-3-7-21-52(43)63-55/h1-33H. The molecular weight excluding hydrogens is 783 g/mol. The zero-order chi connectivity index (χ0) is 41.6. The van der Waals surface area contributed by atoms with Gasteiger partial charge in [-0.2, -0.15) is 0 Å². The van der Waals surface area contributed by atoms with Gasteiger partial charge in [0, 0.05) is 54.2 Å². The molecule has 0 atom stereocenters. The molecule has 1 aliphatic heterocycles. The molecule has 0 bridgehead atoms. The van der Waals surface area contributed by atoms with Crippen molar-refractivity contribution in [1.82, 2.24) is 4.57 Å². The number of rotatable bonds is 3. The van der Waals surface area contributed by atoms with Crippen molar-refractivity contribution in [3.05, 3.63) is 200 Å². The SMILES string of the molecule is c1ccc2c(c1)oc1cccc(-c3ccc4c(c3)-c3cc(-c5cccc6oc7ccccc7c56)cc5c6ccccc6n(c35)-c3ccc(-c5cccc6oc7ccccc7c56)cc3-4)c12. The lowest BCUT2D eigenvalue weighted by Crippen LogP contribution is -1.96. The monoisotopic (exact) mass is 815 g/mol. The van der Waals surface area contributed by atoms with Crippen molar-refractivity contribution >= 4 is 87.6 Å². The Balaban J connectivity index is 1.07. The molecule has 296 valence electrons. The molecule has 0 saturated heterocycles.